The molecule has 270 valence electrons. The van der Waals surface area contributed by atoms with Crippen molar-refractivity contribution >= 4 is 28.2 Å². The molecule has 1 amide bonds. The number of phenolic OH excluding ortho intramolecular Hbond substituents is 1. The van der Waals surface area contributed by atoms with Gasteiger partial charge in [-0.2, -0.15) is 9.97 Å². The number of carbonyl (C=O) groups excluding carboxylic acids is 1. The predicted molar refractivity (Wildman–Crippen MR) is 189 cm³/mol. The molecule has 4 aliphatic heterocycles. The summed E-state index contributed by atoms with van der Waals surface area (Å²) in [5.74, 6) is 0.916. The van der Waals surface area contributed by atoms with Gasteiger partial charge in [0.2, 0.25) is 5.91 Å². The Kier molecular flexibility index (Phi) is 10.0. The van der Waals surface area contributed by atoms with Gasteiger partial charge in [-0.05, 0) is 74.1 Å². The van der Waals surface area contributed by atoms with Crippen molar-refractivity contribution in [2.45, 2.75) is 76.5 Å². The van der Waals surface area contributed by atoms with Crippen LogP contribution in [0, 0.1) is 11.7 Å². The van der Waals surface area contributed by atoms with Gasteiger partial charge in [0.25, 0.3) is 0 Å². The Balaban J connectivity index is 1.21. The summed E-state index contributed by atoms with van der Waals surface area (Å²) in [6.07, 6.45) is 5.77. The lowest BCUT2D eigenvalue weighted by Crippen LogP contribution is -2.43. The molecule has 0 saturated carbocycles. The third-order valence-corrected chi connectivity index (χ3v) is 11.2. The molecule has 50 heavy (non-hydrogen) atoms. The van der Waals surface area contributed by atoms with Crippen LogP contribution in [0.1, 0.15) is 62.3 Å². The van der Waals surface area contributed by atoms with Crippen molar-refractivity contribution in [3.05, 3.63) is 46.9 Å². The third-order valence-electron chi connectivity index (χ3n) is 11.2. The average Bonchev–Trinajstić information content (AvgIpc) is 3.52. The quantitative estimate of drug-likeness (QED) is 0.305. The smallest absolute Gasteiger partial charge is 0.318 e. The number of carbonyl (C=O) groups is 1. The number of rotatable bonds is 10. The van der Waals surface area contributed by atoms with Crippen LogP contribution >= 0.6 is 0 Å². The fraction of sp³-hybridized carbons (Fsp3) is 0.605. The molecule has 3 fully saturated rings. The highest BCUT2D eigenvalue weighted by Crippen LogP contribution is 2.42. The minimum absolute atomic E-state index is 0.0540. The molecule has 3 atom stereocenters. The van der Waals surface area contributed by atoms with Crippen LogP contribution in [0.3, 0.4) is 0 Å². The SMILES string of the molecule is CCc1c(F)ccc2cc(O)cc(N3CCc4c(nc(OC[C@@]56CCCN5C[C@H](F)C6)nc4N4CCCCC(COCC(=O)N(C)C)C4)C3)c12. The van der Waals surface area contributed by atoms with E-state index in [1.165, 1.54) is 6.07 Å². The molecule has 1 N–H and O–H groups in total. The van der Waals surface area contributed by atoms with Crippen LogP contribution in [0.15, 0.2) is 24.3 Å². The number of aromatic hydroxyl groups is 1. The van der Waals surface area contributed by atoms with E-state index in [-0.39, 0.29) is 35.5 Å². The van der Waals surface area contributed by atoms with E-state index in [4.69, 9.17) is 19.4 Å². The molecular weight excluding hydrogens is 642 g/mol. The first-order chi connectivity index (χ1) is 24.1. The van der Waals surface area contributed by atoms with E-state index in [1.807, 2.05) is 6.92 Å². The second-order valence-electron chi connectivity index (χ2n) is 14.8. The number of ether oxygens (including phenoxy) is 2. The Morgan fingerprint density at radius 2 is 1.96 bits per heavy atom. The summed E-state index contributed by atoms with van der Waals surface area (Å²) < 4.78 is 42.0. The Hall–Kier alpha value is -3.77. The van der Waals surface area contributed by atoms with Crippen molar-refractivity contribution in [1.29, 1.82) is 0 Å². The van der Waals surface area contributed by atoms with Gasteiger partial charge in [0.05, 0.1) is 24.4 Å². The van der Waals surface area contributed by atoms with Gasteiger partial charge in [-0.15, -0.1) is 0 Å². The van der Waals surface area contributed by atoms with Crippen molar-refractivity contribution in [1.82, 2.24) is 19.8 Å². The maximum Gasteiger partial charge on any atom is 0.318 e. The first kappa shape index (κ1) is 34.7. The third kappa shape index (κ3) is 6.93. The standard InChI is InChI=1S/C38H50F2N6O4/c1-4-29-31(40)10-9-26-16-28(47)17-33(35(26)29)44-15-11-30-32(21-44)41-37(50-24-38-12-7-14-46(38)20-27(39)18-38)42-36(30)45-13-6-5-8-25(19-45)22-49-23-34(48)43(2)3/h9-10,16-17,25,27,47H,4-8,11-15,18-24H2,1-3H3/t25?,27-,38+/m1/s1. The highest BCUT2D eigenvalue weighted by atomic mass is 19.1. The number of nitrogens with zero attached hydrogens (tertiary/aromatic N) is 6. The van der Waals surface area contributed by atoms with Crippen molar-refractivity contribution in [3.63, 3.8) is 0 Å². The predicted octanol–water partition coefficient (Wildman–Crippen LogP) is 5.27. The number of amides is 1. The van der Waals surface area contributed by atoms with Crippen LogP contribution in [-0.2, 0) is 28.9 Å². The van der Waals surface area contributed by atoms with Crippen LogP contribution in [0.5, 0.6) is 11.8 Å². The fourth-order valence-corrected chi connectivity index (χ4v) is 8.64. The maximum atomic E-state index is 15.1. The number of aryl methyl sites for hydroxylation is 1. The number of hydrogen-bond acceptors (Lipinski definition) is 9. The second kappa shape index (κ2) is 14.5. The number of anilines is 2. The van der Waals surface area contributed by atoms with Gasteiger partial charge in [-0.1, -0.05) is 19.4 Å². The highest BCUT2D eigenvalue weighted by molar-refractivity contribution is 5.98. The van der Waals surface area contributed by atoms with Crippen LogP contribution in [0.4, 0.5) is 20.3 Å². The van der Waals surface area contributed by atoms with E-state index in [9.17, 15) is 14.3 Å². The number of alkyl halides is 1. The molecular formula is C38H50F2N6O4. The zero-order valence-electron chi connectivity index (χ0n) is 29.6. The van der Waals surface area contributed by atoms with Crippen molar-refractivity contribution in [2.75, 3.05) is 76.4 Å². The molecule has 0 spiro atoms. The summed E-state index contributed by atoms with van der Waals surface area (Å²) in [4.78, 5) is 30.5. The van der Waals surface area contributed by atoms with Gasteiger partial charge >= 0.3 is 6.01 Å². The molecule has 1 aromatic heterocycles. The van der Waals surface area contributed by atoms with Crippen molar-refractivity contribution in [3.8, 4) is 11.8 Å². The first-order valence-electron chi connectivity index (χ1n) is 18.3. The van der Waals surface area contributed by atoms with E-state index >= 15 is 4.39 Å². The zero-order chi connectivity index (χ0) is 35.0. The van der Waals surface area contributed by atoms with Crippen LogP contribution < -0.4 is 14.5 Å². The van der Waals surface area contributed by atoms with Crippen LogP contribution in [0.2, 0.25) is 0 Å². The normalized spacial score (nSPS) is 23.9. The maximum absolute atomic E-state index is 15.1. The molecule has 7 rings (SSSR count). The van der Waals surface area contributed by atoms with Crippen molar-refractivity contribution < 1.29 is 28.2 Å². The number of halogens is 2. The monoisotopic (exact) mass is 692 g/mol. The van der Waals surface area contributed by atoms with E-state index in [1.54, 1.807) is 37.2 Å². The molecule has 0 bridgehead atoms. The summed E-state index contributed by atoms with van der Waals surface area (Å²) in [7, 11) is 3.46. The summed E-state index contributed by atoms with van der Waals surface area (Å²) in [5.41, 5.74) is 2.98. The number of likely N-dealkylation sites (N-methyl/N-ethyl adjacent to an activating group) is 1. The second-order valence-corrected chi connectivity index (χ2v) is 14.8. The summed E-state index contributed by atoms with van der Waals surface area (Å²) >= 11 is 0. The molecule has 5 heterocycles. The number of aromatic nitrogens is 2. The Bertz CT molecular complexity index is 1720. The number of hydrogen-bond donors (Lipinski definition) is 1. The zero-order valence-corrected chi connectivity index (χ0v) is 29.6. The number of benzene rings is 2. The molecule has 0 aliphatic carbocycles. The van der Waals surface area contributed by atoms with E-state index in [0.29, 0.717) is 63.7 Å². The van der Waals surface area contributed by atoms with E-state index < -0.39 is 6.17 Å². The van der Waals surface area contributed by atoms with E-state index in [0.717, 1.165) is 85.3 Å². The molecule has 1 unspecified atom stereocenters. The molecule has 3 aromatic rings. The van der Waals surface area contributed by atoms with Crippen LogP contribution in [0.25, 0.3) is 10.8 Å². The minimum Gasteiger partial charge on any atom is -0.508 e. The van der Waals surface area contributed by atoms with Gasteiger partial charge in [0.1, 0.15) is 36.8 Å². The topological polar surface area (TPSA) is 94.5 Å². The molecule has 4 aliphatic rings. The van der Waals surface area contributed by atoms with Crippen molar-refractivity contribution in [2.24, 2.45) is 5.92 Å². The Morgan fingerprint density at radius 1 is 1.10 bits per heavy atom. The van der Waals surface area contributed by atoms with Gasteiger partial charge in [-0.3, -0.25) is 9.69 Å². The first-order valence-corrected chi connectivity index (χ1v) is 18.3. The molecule has 10 nitrogen and oxygen atoms in total. The van der Waals surface area contributed by atoms with Gasteiger partial charge in [-0.25, -0.2) is 8.78 Å². The Labute approximate surface area is 293 Å². The highest BCUT2D eigenvalue weighted by Gasteiger charge is 2.49. The van der Waals surface area contributed by atoms with Gasteiger partial charge in [0, 0.05) is 69.4 Å². The van der Waals surface area contributed by atoms with E-state index in [2.05, 4.69) is 14.7 Å². The molecule has 2 aromatic carbocycles. The summed E-state index contributed by atoms with van der Waals surface area (Å²) in [5, 5.41) is 12.3. The fourth-order valence-electron chi connectivity index (χ4n) is 8.64. The molecule has 3 saturated heterocycles. The minimum atomic E-state index is -0.855. The lowest BCUT2D eigenvalue weighted by Gasteiger charge is -2.35. The Morgan fingerprint density at radius 3 is 2.78 bits per heavy atom. The molecule has 12 heteroatoms. The number of fused-ring (bicyclic) bond motifs is 3. The lowest BCUT2D eigenvalue weighted by atomic mass is 9.95. The molecule has 0 radical (unpaired) electrons. The summed E-state index contributed by atoms with van der Waals surface area (Å²) in [6.45, 7) is 6.81. The average molecular weight is 693 g/mol. The summed E-state index contributed by atoms with van der Waals surface area (Å²) in [6, 6.07) is 6.91. The van der Waals surface area contributed by atoms with Gasteiger partial charge < -0.3 is 29.3 Å². The van der Waals surface area contributed by atoms with Crippen LogP contribution in [-0.4, -0.2) is 109 Å². The number of phenols is 1. The lowest BCUT2D eigenvalue weighted by molar-refractivity contribution is -0.134. The largest absolute Gasteiger partial charge is 0.508 e. The van der Waals surface area contributed by atoms with Gasteiger partial charge in [0.15, 0.2) is 0 Å².